The first kappa shape index (κ1) is 16.4. The lowest BCUT2D eigenvalue weighted by Crippen LogP contribution is -2.39. The van der Waals surface area contributed by atoms with E-state index in [1.807, 2.05) is 0 Å². The second-order valence-corrected chi connectivity index (χ2v) is 7.79. The Kier molecular flexibility index (Phi) is 4.44. The third-order valence-electron chi connectivity index (χ3n) is 3.73. The molecule has 2 aromatic rings. The van der Waals surface area contributed by atoms with Crippen molar-refractivity contribution in [2.24, 2.45) is 0 Å². The van der Waals surface area contributed by atoms with Gasteiger partial charge < -0.3 is 15.4 Å². The van der Waals surface area contributed by atoms with Crippen molar-refractivity contribution >= 4 is 34.6 Å². The van der Waals surface area contributed by atoms with Crippen molar-refractivity contribution in [3.05, 3.63) is 27.4 Å². The molecule has 2 aromatic heterocycles. The molecular formula is C15H20ClN5OS. The number of aromatic nitrogens is 3. The van der Waals surface area contributed by atoms with Gasteiger partial charge in [-0.15, -0.1) is 11.3 Å². The number of morpholine rings is 1. The molecule has 1 unspecified atom stereocenters. The van der Waals surface area contributed by atoms with Crippen molar-refractivity contribution in [3.63, 3.8) is 0 Å². The van der Waals surface area contributed by atoms with Gasteiger partial charge in [-0.3, -0.25) is 0 Å². The van der Waals surface area contributed by atoms with Crippen molar-refractivity contribution in [2.75, 3.05) is 30.3 Å². The zero-order valence-electron chi connectivity index (χ0n) is 13.4. The first-order chi connectivity index (χ1) is 10.9. The first-order valence-electron chi connectivity index (χ1n) is 7.44. The molecule has 3 heterocycles. The summed E-state index contributed by atoms with van der Waals surface area (Å²) in [6.07, 6.45) is 1.35. The molecule has 2 N–H and O–H groups in total. The standard InChI is InChI=1S/C15H20ClN5OS/c1-15(2,3)10-7-23-14(20-10)9-6-21(4-5-22-9)13-11(16)12(17)18-8-19-13/h7-9H,4-6H2,1-3H3,(H2,17,18,19). The zero-order valence-corrected chi connectivity index (χ0v) is 15.0. The van der Waals surface area contributed by atoms with E-state index in [2.05, 4.69) is 41.0 Å². The van der Waals surface area contributed by atoms with E-state index < -0.39 is 0 Å². The van der Waals surface area contributed by atoms with Crippen LogP contribution in [0.5, 0.6) is 0 Å². The van der Waals surface area contributed by atoms with Crippen molar-refractivity contribution in [3.8, 4) is 0 Å². The average molecular weight is 354 g/mol. The van der Waals surface area contributed by atoms with Crippen LogP contribution in [0.3, 0.4) is 0 Å². The van der Waals surface area contributed by atoms with Crippen molar-refractivity contribution < 1.29 is 4.74 Å². The molecule has 1 saturated heterocycles. The van der Waals surface area contributed by atoms with Gasteiger partial charge in [-0.1, -0.05) is 32.4 Å². The van der Waals surface area contributed by atoms with Crippen molar-refractivity contribution in [2.45, 2.75) is 32.3 Å². The summed E-state index contributed by atoms with van der Waals surface area (Å²) in [5.74, 6) is 0.948. The number of nitrogen functional groups attached to an aromatic ring is 1. The number of ether oxygens (including phenoxy) is 1. The molecule has 1 atom stereocenters. The molecule has 0 saturated carbocycles. The molecule has 3 rings (SSSR count). The molecule has 0 spiro atoms. The summed E-state index contributed by atoms with van der Waals surface area (Å²) >= 11 is 7.87. The summed E-state index contributed by atoms with van der Waals surface area (Å²) in [7, 11) is 0. The maximum atomic E-state index is 6.24. The van der Waals surface area contributed by atoms with E-state index in [-0.39, 0.29) is 11.5 Å². The van der Waals surface area contributed by atoms with Gasteiger partial charge in [0.2, 0.25) is 0 Å². The van der Waals surface area contributed by atoms with Gasteiger partial charge in [0.05, 0.1) is 18.8 Å². The normalized spacial score (nSPS) is 19.1. The fourth-order valence-corrected chi connectivity index (χ4v) is 3.67. The van der Waals surface area contributed by atoms with Crippen molar-refractivity contribution in [1.82, 2.24) is 15.0 Å². The summed E-state index contributed by atoms with van der Waals surface area (Å²) in [5, 5.41) is 3.48. The smallest absolute Gasteiger partial charge is 0.153 e. The second-order valence-electron chi connectivity index (χ2n) is 6.52. The summed E-state index contributed by atoms with van der Waals surface area (Å²) in [6.45, 7) is 8.42. The highest BCUT2D eigenvalue weighted by Gasteiger charge is 2.28. The Morgan fingerprint density at radius 2 is 2.17 bits per heavy atom. The van der Waals surface area contributed by atoms with E-state index >= 15 is 0 Å². The van der Waals surface area contributed by atoms with E-state index in [9.17, 15) is 0 Å². The van der Waals surface area contributed by atoms with Crippen LogP contribution in [0.4, 0.5) is 11.6 Å². The summed E-state index contributed by atoms with van der Waals surface area (Å²) in [5.41, 5.74) is 6.89. The minimum atomic E-state index is -0.0860. The van der Waals surface area contributed by atoms with Crippen LogP contribution >= 0.6 is 22.9 Å². The zero-order chi connectivity index (χ0) is 16.6. The molecule has 6 nitrogen and oxygen atoms in total. The van der Waals surface area contributed by atoms with Gasteiger partial charge in [-0.05, 0) is 0 Å². The van der Waals surface area contributed by atoms with Gasteiger partial charge >= 0.3 is 0 Å². The van der Waals surface area contributed by atoms with E-state index in [1.165, 1.54) is 6.33 Å². The van der Waals surface area contributed by atoms with Crippen LogP contribution in [-0.4, -0.2) is 34.6 Å². The summed E-state index contributed by atoms with van der Waals surface area (Å²) in [4.78, 5) is 15.0. The number of rotatable bonds is 2. The number of halogens is 1. The van der Waals surface area contributed by atoms with Crippen LogP contribution in [0.2, 0.25) is 5.02 Å². The highest BCUT2D eigenvalue weighted by Crippen LogP contribution is 2.33. The highest BCUT2D eigenvalue weighted by atomic mass is 35.5. The lowest BCUT2D eigenvalue weighted by molar-refractivity contribution is 0.0392. The molecule has 1 aliphatic heterocycles. The monoisotopic (exact) mass is 353 g/mol. The SMILES string of the molecule is CC(C)(C)c1csc(C2CN(c3ncnc(N)c3Cl)CCO2)n1. The molecular weight excluding hydrogens is 334 g/mol. The third-order valence-corrected chi connectivity index (χ3v) is 5.03. The molecule has 0 radical (unpaired) electrons. The van der Waals surface area contributed by atoms with Crippen LogP contribution in [0.1, 0.15) is 37.6 Å². The number of anilines is 2. The second kappa shape index (κ2) is 6.22. The van der Waals surface area contributed by atoms with E-state index in [0.717, 1.165) is 10.7 Å². The number of thiazole rings is 1. The number of hydrogen-bond acceptors (Lipinski definition) is 7. The van der Waals surface area contributed by atoms with Gasteiger partial charge in [-0.25, -0.2) is 15.0 Å². The number of nitrogens with two attached hydrogens (primary N) is 1. The van der Waals surface area contributed by atoms with Crippen LogP contribution in [0.25, 0.3) is 0 Å². The van der Waals surface area contributed by atoms with Gasteiger partial charge in [0.15, 0.2) is 5.82 Å². The molecule has 0 amide bonds. The number of hydrogen-bond donors (Lipinski definition) is 1. The first-order valence-corrected chi connectivity index (χ1v) is 8.70. The van der Waals surface area contributed by atoms with Crippen LogP contribution in [0, 0.1) is 0 Å². The lowest BCUT2D eigenvalue weighted by atomic mass is 9.93. The molecule has 1 aliphatic rings. The quantitative estimate of drug-likeness (QED) is 0.894. The van der Waals surface area contributed by atoms with E-state index in [4.69, 9.17) is 27.1 Å². The molecule has 1 fully saturated rings. The van der Waals surface area contributed by atoms with E-state index in [1.54, 1.807) is 11.3 Å². The topological polar surface area (TPSA) is 77.2 Å². The Morgan fingerprint density at radius 1 is 1.39 bits per heavy atom. The van der Waals surface area contributed by atoms with Crippen LogP contribution in [0.15, 0.2) is 11.7 Å². The molecule has 0 bridgehead atoms. The minimum Gasteiger partial charge on any atom is -0.382 e. The largest absolute Gasteiger partial charge is 0.382 e. The molecule has 8 heteroatoms. The lowest BCUT2D eigenvalue weighted by Gasteiger charge is -2.33. The molecule has 23 heavy (non-hydrogen) atoms. The van der Waals surface area contributed by atoms with Crippen LogP contribution < -0.4 is 10.6 Å². The third kappa shape index (κ3) is 3.41. The van der Waals surface area contributed by atoms with Gasteiger partial charge in [0.25, 0.3) is 0 Å². The van der Waals surface area contributed by atoms with Gasteiger partial charge in [-0.2, -0.15) is 0 Å². The van der Waals surface area contributed by atoms with E-state index in [0.29, 0.717) is 36.4 Å². The summed E-state index contributed by atoms with van der Waals surface area (Å²) < 4.78 is 5.90. The highest BCUT2D eigenvalue weighted by molar-refractivity contribution is 7.09. The fourth-order valence-electron chi connectivity index (χ4n) is 2.37. The summed E-state index contributed by atoms with van der Waals surface area (Å²) in [6, 6.07) is 0. The predicted molar refractivity (Wildman–Crippen MR) is 93.2 cm³/mol. The Bertz CT molecular complexity index is 699. The average Bonchev–Trinajstić information content (AvgIpc) is 3.00. The van der Waals surface area contributed by atoms with Crippen molar-refractivity contribution in [1.29, 1.82) is 0 Å². The number of nitrogens with zero attached hydrogens (tertiary/aromatic N) is 4. The molecule has 0 aliphatic carbocycles. The fraction of sp³-hybridized carbons (Fsp3) is 0.533. The molecule has 0 aromatic carbocycles. The Labute approximate surface area is 144 Å². The Hall–Kier alpha value is -1.44. The molecule has 124 valence electrons. The predicted octanol–water partition coefficient (Wildman–Crippen LogP) is 3.04. The maximum Gasteiger partial charge on any atom is 0.153 e. The van der Waals surface area contributed by atoms with Crippen LogP contribution in [-0.2, 0) is 10.2 Å². The minimum absolute atomic E-state index is 0.0352. The maximum absolute atomic E-state index is 6.24. The van der Waals surface area contributed by atoms with Gasteiger partial charge in [0.1, 0.15) is 28.3 Å². The van der Waals surface area contributed by atoms with Gasteiger partial charge in [0, 0.05) is 17.3 Å². The Morgan fingerprint density at radius 3 is 2.87 bits per heavy atom. The Balaban J connectivity index is 1.81.